The molecule has 3 nitrogen and oxygen atoms in total. The first kappa shape index (κ1) is 13.2. The minimum absolute atomic E-state index is 0.0168. The van der Waals surface area contributed by atoms with E-state index in [1.165, 1.54) is 6.07 Å². The van der Waals surface area contributed by atoms with Crippen LogP contribution in [0.1, 0.15) is 37.5 Å². The highest BCUT2D eigenvalue weighted by Gasteiger charge is 2.25. The summed E-state index contributed by atoms with van der Waals surface area (Å²) >= 11 is 0. The first-order valence-corrected chi connectivity index (χ1v) is 6.56. The van der Waals surface area contributed by atoms with Gasteiger partial charge in [0, 0.05) is 0 Å². The predicted molar refractivity (Wildman–Crippen MR) is 64.4 cm³/mol. The van der Waals surface area contributed by atoms with Crippen LogP contribution in [-0.2, 0) is 15.5 Å². The van der Waals surface area contributed by atoms with E-state index in [4.69, 9.17) is 0 Å². The van der Waals surface area contributed by atoms with E-state index in [1.54, 1.807) is 0 Å². The Balaban J connectivity index is 3.66. The summed E-state index contributed by atoms with van der Waals surface area (Å²) in [7, 11) is -4.16. The zero-order valence-corrected chi connectivity index (χ0v) is 11.1. The van der Waals surface area contributed by atoms with Crippen molar-refractivity contribution in [3.8, 4) is 0 Å². The number of aryl methyl sites for hydroxylation is 2. The van der Waals surface area contributed by atoms with Crippen molar-refractivity contribution in [3.63, 3.8) is 0 Å². The summed E-state index contributed by atoms with van der Waals surface area (Å²) in [5, 5.41) is 0. The summed E-state index contributed by atoms with van der Waals surface area (Å²) in [4.78, 5) is 0.0168. The van der Waals surface area contributed by atoms with Crippen LogP contribution in [0.15, 0.2) is 17.0 Å². The summed E-state index contributed by atoms with van der Waals surface area (Å²) in [5.74, 6) is 0. The van der Waals surface area contributed by atoms with E-state index in [0.717, 1.165) is 11.1 Å². The van der Waals surface area contributed by atoms with Crippen molar-refractivity contribution in [1.29, 1.82) is 0 Å². The van der Waals surface area contributed by atoms with E-state index < -0.39 is 10.1 Å². The molecule has 0 amide bonds. The van der Waals surface area contributed by atoms with Crippen molar-refractivity contribution in [3.05, 3.63) is 28.8 Å². The van der Waals surface area contributed by atoms with Gasteiger partial charge in [-0.05, 0) is 42.0 Å². The molecule has 0 saturated heterocycles. The Morgan fingerprint density at radius 1 is 1.06 bits per heavy atom. The molecular weight excluding hydrogens is 224 g/mol. The molecule has 1 rings (SSSR count). The van der Waals surface area contributed by atoms with Crippen LogP contribution in [-0.4, -0.2) is 13.0 Å². The van der Waals surface area contributed by atoms with Gasteiger partial charge in [-0.2, -0.15) is 8.42 Å². The quantitative estimate of drug-likeness (QED) is 0.770. The van der Waals surface area contributed by atoms with Crippen LogP contribution in [0.2, 0.25) is 0 Å². The van der Waals surface area contributed by atoms with Crippen molar-refractivity contribution in [2.24, 2.45) is 0 Å². The zero-order chi connectivity index (χ0) is 12.7. The molecule has 0 atom stereocenters. The molecule has 0 aliphatic rings. The third-order valence-corrected chi connectivity index (χ3v) is 3.58. The highest BCUT2D eigenvalue weighted by Crippen LogP contribution is 2.31. The zero-order valence-electron chi connectivity index (χ0n) is 10.3. The molecule has 16 heavy (non-hydrogen) atoms. The van der Waals surface area contributed by atoms with E-state index in [-0.39, 0.29) is 10.3 Å². The number of hydrogen-bond acceptors (Lipinski definition) is 2. The lowest BCUT2D eigenvalue weighted by Crippen LogP contribution is -2.17. The Hall–Kier alpha value is -0.870. The maximum atomic E-state index is 11.3. The van der Waals surface area contributed by atoms with E-state index in [0.29, 0.717) is 5.56 Å². The first-order valence-electron chi connectivity index (χ1n) is 5.12. The molecule has 0 spiro atoms. The molecule has 0 radical (unpaired) electrons. The molecule has 0 fully saturated rings. The molecule has 1 N–H and O–H groups in total. The number of rotatable bonds is 1. The van der Waals surface area contributed by atoms with Crippen LogP contribution in [0, 0.1) is 13.8 Å². The fourth-order valence-electron chi connectivity index (χ4n) is 1.59. The molecule has 0 aliphatic carbocycles. The lowest BCUT2D eigenvalue weighted by molar-refractivity contribution is 0.476. The standard InChI is InChI=1S/C12H18O3S/c1-8-6-10(12(3,4)5)11(7-9(8)2)16(13,14)15/h6-7H,1-5H3,(H,13,14,15). The Labute approximate surface area is 97.2 Å². The van der Waals surface area contributed by atoms with Crippen LogP contribution in [0.25, 0.3) is 0 Å². The van der Waals surface area contributed by atoms with Gasteiger partial charge in [0.1, 0.15) is 0 Å². The van der Waals surface area contributed by atoms with Crippen molar-refractivity contribution >= 4 is 10.1 Å². The van der Waals surface area contributed by atoms with Gasteiger partial charge in [-0.3, -0.25) is 4.55 Å². The average molecular weight is 242 g/mol. The summed E-state index contributed by atoms with van der Waals surface area (Å²) in [6.07, 6.45) is 0. The fraction of sp³-hybridized carbons (Fsp3) is 0.500. The molecule has 0 unspecified atom stereocenters. The van der Waals surface area contributed by atoms with Gasteiger partial charge in [0.2, 0.25) is 0 Å². The van der Waals surface area contributed by atoms with Crippen molar-refractivity contribution in [2.75, 3.05) is 0 Å². The topological polar surface area (TPSA) is 54.4 Å². The lowest BCUT2D eigenvalue weighted by Gasteiger charge is -2.23. The van der Waals surface area contributed by atoms with Gasteiger partial charge >= 0.3 is 0 Å². The van der Waals surface area contributed by atoms with Crippen LogP contribution < -0.4 is 0 Å². The summed E-state index contributed by atoms with van der Waals surface area (Å²) in [6, 6.07) is 3.36. The highest BCUT2D eigenvalue weighted by atomic mass is 32.2. The van der Waals surface area contributed by atoms with Gasteiger partial charge in [-0.25, -0.2) is 0 Å². The summed E-state index contributed by atoms with van der Waals surface area (Å²) in [5.41, 5.74) is 2.22. The van der Waals surface area contributed by atoms with Gasteiger partial charge in [-0.15, -0.1) is 0 Å². The molecule has 1 aromatic carbocycles. The third kappa shape index (κ3) is 2.62. The Morgan fingerprint density at radius 2 is 1.50 bits per heavy atom. The van der Waals surface area contributed by atoms with Gasteiger partial charge in [-0.1, -0.05) is 26.8 Å². The Bertz CT molecular complexity index is 508. The minimum Gasteiger partial charge on any atom is -0.282 e. The minimum atomic E-state index is -4.16. The van der Waals surface area contributed by atoms with Crippen LogP contribution in [0.3, 0.4) is 0 Å². The van der Waals surface area contributed by atoms with Crippen molar-refractivity contribution in [2.45, 2.75) is 44.9 Å². The molecule has 0 aliphatic heterocycles. The van der Waals surface area contributed by atoms with Gasteiger partial charge < -0.3 is 0 Å². The molecule has 0 bridgehead atoms. The Morgan fingerprint density at radius 3 is 1.88 bits per heavy atom. The molecule has 4 heteroatoms. The average Bonchev–Trinajstić information content (AvgIpc) is 2.05. The normalized spacial score (nSPS) is 12.9. The maximum absolute atomic E-state index is 11.3. The second-order valence-electron chi connectivity index (χ2n) is 5.16. The highest BCUT2D eigenvalue weighted by molar-refractivity contribution is 7.85. The largest absolute Gasteiger partial charge is 0.294 e. The molecule has 1 aromatic rings. The number of hydrogen-bond donors (Lipinski definition) is 1. The molecule has 0 heterocycles. The predicted octanol–water partition coefficient (Wildman–Crippen LogP) is 2.85. The van der Waals surface area contributed by atoms with Crippen LogP contribution in [0.4, 0.5) is 0 Å². The molecular formula is C12H18O3S. The van der Waals surface area contributed by atoms with Gasteiger partial charge in [0.15, 0.2) is 0 Å². The number of benzene rings is 1. The van der Waals surface area contributed by atoms with E-state index in [2.05, 4.69) is 0 Å². The third-order valence-electron chi connectivity index (χ3n) is 2.68. The van der Waals surface area contributed by atoms with Crippen LogP contribution >= 0.6 is 0 Å². The van der Waals surface area contributed by atoms with E-state index in [1.807, 2.05) is 40.7 Å². The monoisotopic (exact) mass is 242 g/mol. The van der Waals surface area contributed by atoms with E-state index in [9.17, 15) is 13.0 Å². The molecule has 90 valence electrons. The van der Waals surface area contributed by atoms with Crippen LogP contribution in [0.5, 0.6) is 0 Å². The van der Waals surface area contributed by atoms with E-state index >= 15 is 0 Å². The molecule has 0 aromatic heterocycles. The Kier molecular flexibility index (Phi) is 3.18. The smallest absolute Gasteiger partial charge is 0.282 e. The SMILES string of the molecule is Cc1cc(C(C)(C)C)c(S(=O)(=O)O)cc1C. The van der Waals surface area contributed by atoms with Gasteiger partial charge in [0.05, 0.1) is 4.90 Å². The summed E-state index contributed by atoms with van der Waals surface area (Å²) < 4.78 is 31.9. The first-order chi connectivity index (χ1) is 7.03. The van der Waals surface area contributed by atoms with Crippen molar-refractivity contribution in [1.82, 2.24) is 0 Å². The lowest BCUT2D eigenvalue weighted by atomic mass is 9.85. The molecule has 0 saturated carbocycles. The second-order valence-corrected chi connectivity index (χ2v) is 6.55. The summed E-state index contributed by atoms with van der Waals surface area (Å²) in [6.45, 7) is 9.53. The van der Waals surface area contributed by atoms with Crippen molar-refractivity contribution < 1.29 is 13.0 Å². The maximum Gasteiger partial charge on any atom is 0.294 e. The van der Waals surface area contributed by atoms with Gasteiger partial charge in [0.25, 0.3) is 10.1 Å². The fourth-order valence-corrected chi connectivity index (χ4v) is 2.56. The second kappa shape index (κ2) is 3.86.